The predicted octanol–water partition coefficient (Wildman–Crippen LogP) is 3.09. The molecule has 0 spiro atoms. The molecule has 62 valence electrons. The van der Waals surface area contributed by atoms with E-state index in [1.807, 2.05) is 12.1 Å². The first-order valence-corrected chi connectivity index (χ1v) is 3.90. The number of methoxy groups -OCH3 is 1. The molecular formula is C9H7ClO2. The molecule has 0 N–H and O–H groups in total. The van der Waals surface area contributed by atoms with Crippen molar-refractivity contribution in [2.75, 3.05) is 7.11 Å². The van der Waals surface area contributed by atoms with Gasteiger partial charge in [0.25, 0.3) is 0 Å². The SMILES string of the molecule is COc1cc2ccoc2cc1Cl. The van der Waals surface area contributed by atoms with E-state index in [-0.39, 0.29) is 0 Å². The molecule has 0 aliphatic heterocycles. The minimum absolute atomic E-state index is 0.569. The molecule has 0 fully saturated rings. The number of rotatable bonds is 1. The molecule has 2 rings (SSSR count). The smallest absolute Gasteiger partial charge is 0.138 e. The van der Waals surface area contributed by atoms with Crippen molar-refractivity contribution in [3.8, 4) is 5.75 Å². The Morgan fingerprint density at radius 2 is 2.25 bits per heavy atom. The second kappa shape index (κ2) is 2.72. The zero-order valence-electron chi connectivity index (χ0n) is 6.50. The number of fused-ring (bicyclic) bond motifs is 1. The van der Waals surface area contributed by atoms with Gasteiger partial charge in [0.15, 0.2) is 0 Å². The maximum atomic E-state index is 5.88. The molecule has 0 saturated heterocycles. The number of furan rings is 1. The molecule has 0 unspecified atom stereocenters. The van der Waals surface area contributed by atoms with E-state index in [4.69, 9.17) is 20.8 Å². The first kappa shape index (κ1) is 7.50. The standard InChI is InChI=1S/C9H7ClO2/c1-11-9-4-6-2-3-12-8(6)5-7(9)10/h2-5H,1H3. The van der Waals surface area contributed by atoms with E-state index < -0.39 is 0 Å². The average molecular weight is 183 g/mol. The molecule has 3 heteroatoms. The van der Waals surface area contributed by atoms with Crippen molar-refractivity contribution in [3.05, 3.63) is 29.5 Å². The van der Waals surface area contributed by atoms with Crippen LogP contribution in [0.4, 0.5) is 0 Å². The normalized spacial score (nSPS) is 10.5. The number of halogens is 1. The van der Waals surface area contributed by atoms with Gasteiger partial charge < -0.3 is 9.15 Å². The summed E-state index contributed by atoms with van der Waals surface area (Å²) in [7, 11) is 1.59. The molecule has 1 heterocycles. The lowest BCUT2D eigenvalue weighted by Gasteiger charge is -2.00. The van der Waals surface area contributed by atoms with Gasteiger partial charge in [0.05, 0.1) is 18.4 Å². The number of benzene rings is 1. The summed E-state index contributed by atoms with van der Waals surface area (Å²) in [4.78, 5) is 0. The number of ether oxygens (including phenoxy) is 1. The van der Waals surface area contributed by atoms with Crippen molar-refractivity contribution in [1.29, 1.82) is 0 Å². The molecule has 0 atom stereocenters. The topological polar surface area (TPSA) is 22.4 Å². The largest absolute Gasteiger partial charge is 0.495 e. The van der Waals surface area contributed by atoms with Crippen LogP contribution in [-0.2, 0) is 0 Å². The maximum absolute atomic E-state index is 5.88. The zero-order chi connectivity index (χ0) is 8.55. The van der Waals surface area contributed by atoms with Crippen molar-refractivity contribution in [2.24, 2.45) is 0 Å². The maximum Gasteiger partial charge on any atom is 0.138 e. The molecule has 12 heavy (non-hydrogen) atoms. The Bertz CT molecular complexity index is 406. The summed E-state index contributed by atoms with van der Waals surface area (Å²) in [6, 6.07) is 5.46. The van der Waals surface area contributed by atoms with Gasteiger partial charge in [-0.1, -0.05) is 11.6 Å². The highest BCUT2D eigenvalue weighted by atomic mass is 35.5. The molecule has 1 aromatic heterocycles. The van der Waals surface area contributed by atoms with Gasteiger partial charge in [0.2, 0.25) is 0 Å². The summed E-state index contributed by atoms with van der Waals surface area (Å²) in [5.74, 6) is 0.672. The minimum atomic E-state index is 0.569. The lowest BCUT2D eigenvalue weighted by Crippen LogP contribution is -1.82. The van der Waals surface area contributed by atoms with Gasteiger partial charge in [-0.05, 0) is 12.1 Å². The van der Waals surface area contributed by atoms with E-state index >= 15 is 0 Å². The van der Waals surface area contributed by atoms with Crippen LogP contribution in [0.3, 0.4) is 0 Å². The van der Waals surface area contributed by atoms with Gasteiger partial charge in [0.1, 0.15) is 11.3 Å². The Morgan fingerprint density at radius 3 is 3.00 bits per heavy atom. The predicted molar refractivity (Wildman–Crippen MR) is 47.8 cm³/mol. The monoisotopic (exact) mass is 182 g/mol. The van der Waals surface area contributed by atoms with Crippen LogP contribution >= 0.6 is 11.6 Å². The Kier molecular flexibility index (Phi) is 1.70. The van der Waals surface area contributed by atoms with E-state index in [0.717, 1.165) is 11.0 Å². The van der Waals surface area contributed by atoms with Gasteiger partial charge >= 0.3 is 0 Å². The van der Waals surface area contributed by atoms with Crippen LogP contribution in [0.25, 0.3) is 11.0 Å². The van der Waals surface area contributed by atoms with Crippen LogP contribution in [0.2, 0.25) is 5.02 Å². The first-order valence-electron chi connectivity index (χ1n) is 3.52. The minimum Gasteiger partial charge on any atom is -0.495 e. The first-order chi connectivity index (χ1) is 5.81. The fourth-order valence-corrected chi connectivity index (χ4v) is 1.35. The van der Waals surface area contributed by atoms with Crippen molar-refractivity contribution in [2.45, 2.75) is 0 Å². The molecule has 0 aliphatic rings. The van der Waals surface area contributed by atoms with Crippen LogP contribution in [-0.4, -0.2) is 7.11 Å². The van der Waals surface area contributed by atoms with Crippen molar-refractivity contribution in [1.82, 2.24) is 0 Å². The molecule has 2 nitrogen and oxygen atoms in total. The Balaban J connectivity index is 2.73. The molecule has 0 bridgehead atoms. The van der Waals surface area contributed by atoms with Crippen molar-refractivity contribution >= 4 is 22.6 Å². The average Bonchev–Trinajstić information content (AvgIpc) is 2.49. The third-order valence-corrected chi connectivity index (χ3v) is 2.02. The van der Waals surface area contributed by atoms with Gasteiger partial charge in [0, 0.05) is 11.5 Å². The Morgan fingerprint density at radius 1 is 1.42 bits per heavy atom. The molecule has 2 aromatic rings. The second-order valence-corrected chi connectivity index (χ2v) is 2.85. The zero-order valence-corrected chi connectivity index (χ0v) is 7.26. The van der Waals surface area contributed by atoms with Crippen LogP contribution in [0.1, 0.15) is 0 Å². The Hall–Kier alpha value is -1.15. The van der Waals surface area contributed by atoms with Crippen molar-refractivity contribution in [3.63, 3.8) is 0 Å². The third-order valence-electron chi connectivity index (χ3n) is 1.73. The highest BCUT2D eigenvalue weighted by Crippen LogP contribution is 2.30. The van der Waals surface area contributed by atoms with E-state index in [1.165, 1.54) is 0 Å². The summed E-state index contributed by atoms with van der Waals surface area (Å²) in [5.41, 5.74) is 0.779. The van der Waals surface area contributed by atoms with E-state index in [2.05, 4.69) is 0 Å². The van der Waals surface area contributed by atoms with E-state index in [0.29, 0.717) is 10.8 Å². The number of hydrogen-bond acceptors (Lipinski definition) is 2. The second-order valence-electron chi connectivity index (χ2n) is 2.45. The van der Waals surface area contributed by atoms with Crippen LogP contribution in [0.5, 0.6) is 5.75 Å². The van der Waals surface area contributed by atoms with Gasteiger partial charge in [-0.3, -0.25) is 0 Å². The van der Waals surface area contributed by atoms with E-state index in [9.17, 15) is 0 Å². The highest BCUT2D eigenvalue weighted by Gasteiger charge is 2.04. The van der Waals surface area contributed by atoms with Crippen LogP contribution in [0.15, 0.2) is 28.9 Å². The molecule has 0 amide bonds. The highest BCUT2D eigenvalue weighted by molar-refractivity contribution is 6.32. The molecule has 1 aromatic carbocycles. The van der Waals surface area contributed by atoms with Gasteiger partial charge in [-0.2, -0.15) is 0 Å². The van der Waals surface area contributed by atoms with Crippen LogP contribution < -0.4 is 4.74 Å². The van der Waals surface area contributed by atoms with Gasteiger partial charge in [-0.15, -0.1) is 0 Å². The summed E-state index contributed by atoms with van der Waals surface area (Å²) >= 11 is 5.88. The van der Waals surface area contributed by atoms with Crippen LogP contribution in [0, 0.1) is 0 Å². The Labute approximate surface area is 74.7 Å². The lowest BCUT2D eigenvalue weighted by atomic mass is 10.2. The fourth-order valence-electron chi connectivity index (χ4n) is 1.12. The summed E-state index contributed by atoms with van der Waals surface area (Å²) < 4.78 is 10.2. The summed E-state index contributed by atoms with van der Waals surface area (Å²) in [5, 5.41) is 1.57. The molecular weight excluding hydrogens is 176 g/mol. The molecule has 0 saturated carbocycles. The molecule has 0 radical (unpaired) electrons. The van der Waals surface area contributed by atoms with Gasteiger partial charge in [-0.25, -0.2) is 0 Å². The van der Waals surface area contributed by atoms with Crippen molar-refractivity contribution < 1.29 is 9.15 Å². The summed E-state index contributed by atoms with van der Waals surface area (Å²) in [6.07, 6.45) is 1.63. The lowest BCUT2D eigenvalue weighted by molar-refractivity contribution is 0.415. The fraction of sp³-hybridized carbons (Fsp3) is 0.111. The molecule has 0 aliphatic carbocycles. The third kappa shape index (κ3) is 1.04. The summed E-state index contributed by atoms with van der Waals surface area (Å²) in [6.45, 7) is 0. The quantitative estimate of drug-likeness (QED) is 0.676. The van der Waals surface area contributed by atoms with E-state index in [1.54, 1.807) is 19.4 Å². The number of hydrogen-bond donors (Lipinski definition) is 0.